The minimum atomic E-state index is 0.589. The fourth-order valence-electron chi connectivity index (χ4n) is 2.81. The molecule has 1 fully saturated rings. The Morgan fingerprint density at radius 2 is 2.28 bits per heavy atom. The molecule has 2 heterocycles. The van der Waals surface area contributed by atoms with Crippen molar-refractivity contribution < 1.29 is 0 Å². The molecule has 1 aromatic rings. The molecule has 0 spiro atoms. The van der Waals surface area contributed by atoms with Gasteiger partial charge in [-0.2, -0.15) is 5.10 Å². The lowest BCUT2D eigenvalue weighted by atomic mass is 10.0. The van der Waals surface area contributed by atoms with E-state index in [4.69, 9.17) is 0 Å². The van der Waals surface area contributed by atoms with Gasteiger partial charge in [-0.1, -0.05) is 13.8 Å². The number of rotatable bonds is 5. The Morgan fingerprint density at radius 1 is 1.44 bits per heavy atom. The Bertz CT molecular complexity index is 356. The highest BCUT2D eigenvalue weighted by Gasteiger charge is 2.21. The predicted octanol–water partition coefficient (Wildman–Crippen LogP) is 3.26. The Kier molecular flexibility index (Phi) is 4.81. The summed E-state index contributed by atoms with van der Waals surface area (Å²) in [7, 11) is 0. The van der Waals surface area contributed by atoms with Crippen LogP contribution >= 0.6 is 0 Å². The lowest BCUT2D eigenvalue weighted by Gasteiger charge is -2.33. The van der Waals surface area contributed by atoms with E-state index in [0.29, 0.717) is 6.04 Å². The lowest BCUT2D eigenvalue weighted by Crippen LogP contribution is -2.37. The number of hydrogen-bond acceptors (Lipinski definition) is 2. The van der Waals surface area contributed by atoms with E-state index in [0.717, 1.165) is 5.92 Å². The molecule has 1 atom stereocenters. The molecule has 0 aromatic carbocycles. The van der Waals surface area contributed by atoms with E-state index in [1.54, 1.807) is 0 Å². The third-order valence-electron chi connectivity index (χ3n) is 3.84. The third-order valence-corrected chi connectivity index (χ3v) is 3.84. The predicted molar refractivity (Wildman–Crippen MR) is 75.7 cm³/mol. The molecule has 2 rings (SSSR count). The summed E-state index contributed by atoms with van der Waals surface area (Å²) < 4.78 is 2.17. The van der Waals surface area contributed by atoms with Crippen molar-refractivity contribution in [2.24, 2.45) is 5.92 Å². The van der Waals surface area contributed by atoms with Crippen LogP contribution in [0.2, 0.25) is 0 Å². The van der Waals surface area contributed by atoms with E-state index in [-0.39, 0.29) is 0 Å². The first-order chi connectivity index (χ1) is 8.65. The standard InChI is InChI=1S/C15H27N3/c1-13(2)6-4-8-17-9-5-7-15(12-17)18-11-14(3)10-16-18/h10-11,13,15H,4-9,12H2,1-3H3. The maximum atomic E-state index is 4.47. The zero-order valence-corrected chi connectivity index (χ0v) is 12.1. The fourth-order valence-corrected chi connectivity index (χ4v) is 2.81. The summed E-state index contributed by atoms with van der Waals surface area (Å²) in [5.74, 6) is 0.833. The van der Waals surface area contributed by atoms with Crippen molar-refractivity contribution in [2.75, 3.05) is 19.6 Å². The summed E-state index contributed by atoms with van der Waals surface area (Å²) in [5, 5.41) is 4.47. The van der Waals surface area contributed by atoms with Crippen molar-refractivity contribution in [1.29, 1.82) is 0 Å². The third kappa shape index (κ3) is 3.84. The van der Waals surface area contributed by atoms with Gasteiger partial charge in [0.2, 0.25) is 0 Å². The van der Waals surface area contributed by atoms with Crippen LogP contribution in [-0.4, -0.2) is 34.3 Å². The van der Waals surface area contributed by atoms with Gasteiger partial charge in [0.15, 0.2) is 0 Å². The highest BCUT2D eigenvalue weighted by Crippen LogP contribution is 2.21. The van der Waals surface area contributed by atoms with Gasteiger partial charge >= 0.3 is 0 Å². The molecule has 0 radical (unpaired) electrons. The summed E-state index contributed by atoms with van der Waals surface area (Å²) >= 11 is 0. The number of piperidine rings is 1. The van der Waals surface area contributed by atoms with Crippen LogP contribution in [0.4, 0.5) is 0 Å². The zero-order valence-electron chi connectivity index (χ0n) is 12.1. The van der Waals surface area contributed by atoms with Crippen molar-refractivity contribution in [1.82, 2.24) is 14.7 Å². The van der Waals surface area contributed by atoms with Crippen molar-refractivity contribution in [3.05, 3.63) is 18.0 Å². The molecule has 1 unspecified atom stereocenters. The summed E-state index contributed by atoms with van der Waals surface area (Å²) in [6.07, 6.45) is 9.43. The maximum absolute atomic E-state index is 4.47. The van der Waals surface area contributed by atoms with Crippen LogP contribution in [-0.2, 0) is 0 Å². The van der Waals surface area contributed by atoms with E-state index in [2.05, 4.69) is 41.6 Å². The van der Waals surface area contributed by atoms with Crippen molar-refractivity contribution in [3.8, 4) is 0 Å². The molecule has 0 aliphatic carbocycles. The second-order valence-electron chi connectivity index (χ2n) is 6.13. The minimum Gasteiger partial charge on any atom is -0.301 e. The molecule has 1 aliphatic heterocycles. The number of likely N-dealkylation sites (tertiary alicyclic amines) is 1. The Hall–Kier alpha value is -0.830. The zero-order chi connectivity index (χ0) is 13.0. The molecule has 18 heavy (non-hydrogen) atoms. The first-order valence-electron chi connectivity index (χ1n) is 7.38. The molecule has 0 bridgehead atoms. The van der Waals surface area contributed by atoms with Crippen LogP contribution in [0.5, 0.6) is 0 Å². The van der Waals surface area contributed by atoms with E-state index < -0.39 is 0 Å². The monoisotopic (exact) mass is 249 g/mol. The van der Waals surface area contributed by atoms with Crippen molar-refractivity contribution in [2.45, 2.75) is 52.5 Å². The van der Waals surface area contributed by atoms with Gasteiger partial charge in [-0.05, 0) is 57.2 Å². The molecule has 102 valence electrons. The van der Waals surface area contributed by atoms with Gasteiger partial charge in [0.1, 0.15) is 0 Å². The van der Waals surface area contributed by atoms with Crippen LogP contribution in [0.3, 0.4) is 0 Å². The Labute approximate surface area is 111 Å². The summed E-state index contributed by atoms with van der Waals surface area (Å²) in [6.45, 7) is 10.5. The number of aromatic nitrogens is 2. The van der Waals surface area contributed by atoms with E-state index in [1.807, 2.05) is 6.20 Å². The smallest absolute Gasteiger partial charge is 0.0646 e. The van der Waals surface area contributed by atoms with Crippen molar-refractivity contribution in [3.63, 3.8) is 0 Å². The van der Waals surface area contributed by atoms with Gasteiger partial charge in [0.05, 0.1) is 12.2 Å². The fraction of sp³-hybridized carbons (Fsp3) is 0.800. The average molecular weight is 249 g/mol. The first-order valence-corrected chi connectivity index (χ1v) is 7.38. The summed E-state index contributed by atoms with van der Waals surface area (Å²) in [5.41, 5.74) is 1.27. The van der Waals surface area contributed by atoms with E-state index in [9.17, 15) is 0 Å². The molecule has 1 aromatic heterocycles. The van der Waals surface area contributed by atoms with Crippen LogP contribution in [0.1, 0.15) is 51.1 Å². The molecule has 1 aliphatic rings. The normalized spacial score (nSPS) is 21.7. The SMILES string of the molecule is Cc1cnn(C2CCCN(CCCC(C)C)C2)c1. The Morgan fingerprint density at radius 3 is 2.94 bits per heavy atom. The van der Waals surface area contributed by atoms with E-state index >= 15 is 0 Å². The van der Waals surface area contributed by atoms with Gasteiger partial charge in [-0.3, -0.25) is 4.68 Å². The second-order valence-corrected chi connectivity index (χ2v) is 6.13. The number of nitrogens with zero attached hydrogens (tertiary/aromatic N) is 3. The van der Waals surface area contributed by atoms with Gasteiger partial charge in [-0.25, -0.2) is 0 Å². The number of aryl methyl sites for hydroxylation is 1. The van der Waals surface area contributed by atoms with Crippen LogP contribution in [0.25, 0.3) is 0 Å². The molecule has 3 nitrogen and oxygen atoms in total. The lowest BCUT2D eigenvalue weighted by molar-refractivity contribution is 0.166. The van der Waals surface area contributed by atoms with Gasteiger partial charge < -0.3 is 4.90 Å². The molecule has 3 heteroatoms. The van der Waals surface area contributed by atoms with Crippen molar-refractivity contribution >= 4 is 0 Å². The molecule has 0 N–H and O–H groups in total. The number of hydrogen-bond donors (Lipinski definition) is 0. The van der Waals surface area contributed by atoms with Gasteiger partial charge in [-0.15, -0.1) is 0 Å². The molecule has 0 saturated carbocycles. The average Bonchev–Trinajstić information content (AvgIpc) is 2.76. The largest absolute Gasteiger partial charge is 0.301 e. The summed E-state index contributed by atoms with van der Waals surface area (Å²) in [4.78, 5) is 2.62. The first kappa shape index (κ1) is 13.6. The van der Waals surface area contributed by atoms with Gasteiger partial charge in [0.25, 0.3) is 0 Å². The summed E-state index contributed by atoms with van der Waals surface area (Å²) in [6, 6.07) is 0.589. The van der Waals surface area contributed by atoms with Crippen LogP contribution in [0, 0.1) is 12.8 Å². The van der Waals surface area contributed by atoms with Crippen LogP contribution < -0.4 is 0 Å². The highest BCUT2D eigenvalue weighted by molar-refractivity contribution is 5.01. The molecule has 1 saturated heterocycles. The second kappa shape index (κ2) is 6.37. The molecular formula is C15H27N3. The van der Waals surface area contributed by atoms with E-state index in [1.165, 1.54) is 50.9 Å². The highest BCUT2D eigenvalue weighted by atomic mass is 15.3. The van der Waals surface area contributed by atoms with Crippen LogP contribution in [0.15, 0.2) is 12.4 Å². The molecule has 0 amide bonds. The minimum absolute atomic E-state index is 0.589. The van der Waals surface area contributed by atoms with Gasteiger partial charge in [0, 0.05) is 12.7 Å². The topological polar surface area (TPSA) is 21.1 Å². The maximum Gasteiger partial charge on any atom is 0.0646 e. The molecular weight excluding hydrogens is 222 g/mol. The Balaban J connectivity index is 1.81. The quantitative estimate of drug-likeness (QED) is 0.798.